The molecule has 2 amide bonds. The monoisotopic (exact) mass is 580 g/mol. The lowest BCUT2D eigenvalue weighted by Crippen LogP contribution is -2.51. The van der Waals surface area contributed by atoms with Gasteiger partial charge in [0.15, 0.2) is 6.61 Å². The normalized spacial score (nSPS) is 23.7. The highest BCUT2D eigenvalue weighted by Gasteiger charge is 2.33. The summed E-state index contributed by atoms with van der Waals surface area (Å²) in [5, 5.41) is 2.83. The zero-order valence-electron chi connectivity index (χ0n) is 25.9. The van der Waals surface area contributed by atoms with Crippen molar-refractivity contribution in [3.05, 3.63) is 35.7 Å². The summed E-state index contributed by atoms with van der Waals surface area (Å²) >= 11 is 1.67. The number of amides is 2. The van der Waals surface area contributed by atoms with Crippen LogP contribution in [-0.2, 0) is 9.53 Å². The number of halogens is 1. The van der Waals surface area contributed by atoms with E-state index in [4.69, 9.17) is 4.74 Å². The summed E-state index contributed by atoms with van der Waals surface area (Å²) in [5.41, 5.74) is 0.747. The van der Waals surface area contributed by atoms with Gasteiger partial charge in [-0.3, -0.25) is 9.69 Å². The van der Waals surface area contributed by atoms with Crippen molar-refractivity contribution in [3.63, 3.8) is 0 Å². The molecule has 9 heteroatoms. The van der Waals surface area contributed by atoms with Gasteiger partial charge in [0, 0.05) is 56.8 Å². The lowest BCUT2D eigenvalue weighted by atomic mass is 9.78. The summed E-state index contributed by atoms with van der Waals surface area (Å²) in [4.78, 5) is 28.6. The lowest BCUT2D eigenvalue weighted by molar-refractivity contribution is -0.135. The number of nitrogens with one attached hydrogen (secondary N) is 1. The fourth-order valence-electron chi connectivity index (χ4n) is 5.52. The molecule has 7 nitrogen and oxygen atoms in total. The Bertz CT molecular complexity index is 889. The van der Waals surface area contributed by atoms with Gasteiger partial charge in [0.1, 0.15) is 0 Å². The molecule has 2 heterocycles. The molecule has 2 unspecified atom stereocenters. The number of alkyl carbamates (subject to hydrolysis) is 1. The number of rotatable bonds is 8. The highest BCUT2D eigenvalue weighted by molar-refractivity contribution is 7.96. The number of nitrogens with zero attached hydrogens (tertiary/aromatic N) is 3. The Labute approximate surface area is 246 Å². The van der Waals surface area contributed by atoms with E-state index in [0.717, 1.165) is 31.1 Å². The molecule has 3 aliphatic rings. The van der Waals surface area contributed by atoms with Crippen LogP contribution in [0.4, 0.5) is 9.18 Å². The molecule has 1 aliphatic carbocycles. The van der Waals surface area contributed by atoms with Crippen LogP contribution in [0.25, 0.3) is 0 Å². The van der Waals surface area contributed by atoms with E-state index in [1.54, 1.807) is 22.9 Å². The Morgan fingerprint density at radius 3 is 2.38 bits per heavy atom. The molecule has 0 spiro atoms. The number of ether oxygens (including phenoxy) is 1. The Hall–Kier alpha value is -1.84. The van der Waals surface area contributed by atoms with Crippen LogP contribution < -0.4 is 5.32 Å². The summed E-state index contributed by atoms with van der Waals surface area (Å²) in [7, 11) is 0. The van der Waals surface area contributed by atoms with Crippen molar-refractivity contribution in [1.29, 1.82) is 0 Å². The number of carbonyl (C=O) groups is 2. The number of carbonyl (C=O) groups excluding carboxylic acids is 2. The molecule has 0 bridgehead atoms. The Balaban J connectivity index is 0.000000693. The van der Waals surface area contributed by atoms with Crippen LogP contribution in [0.1, 0.15) is 73.6 Å². The van der Waals surface area contributed by atoms with E-state index in [1.807, 2.05) is 26.2 Å². The third kappa shape index (κ3) is 12.0. The highest BCUT2D eigenvalue weighted by Crippen LogP contribution is 2.35. The minimum absolute atomic E-state index is 0.00965. The molecule has 1 N–H and O–H groups in total. The molecule has 1 saturated heterocycles. The second-order valence-electron chi connectivity index (χ2n) is 12.0. The molecular weight excluding hydrogens is 527 g/mol. The van der Waals surface area contributed by atoms with Gasteiger partial charge in [-0.25, -0.2) is 13.5 Å². The van der Waals surface area contributed by atoms with Gasteiger partial charge in [-0.15, -0.1) is 0 Å². The van der Waals surface area contributed by atoms with Gasteiger partial charge in [-0.05, 0) is 44.6 Å². The van der Waals surface area contributed by atoms with E-state index in [0.29, 0.717) is 19.6 Å². The van der Waals surface area contributed by atoms with Gasteiger partial charge in [0.2, 0.25) is 0 Å². The Kier molecular flexibility index (Phi) is 14.8. The van der Waals surface area contributed by atoms with E-state index in [2.05, 4.69) is 47.4 Å². The summed E-state index contributed by atoms with van der Waals surface area (Å²) in [6, 6.07) is -0.176. The molecule has 1 saturated carbocycles. The van der Waals surface area contributed by atoms with E-state index in [1.165, 1.54) is 39.0 Å². The molecule has 228 valence electrons. The largest absolute Gasteiger partial charge is 0.439 e. The van der Waals surface area contributed by atoms with Crippen molar-refractivity contribution in [2.45, 2.75) is 85.7 Å². The first-order valence-electron chi connectivity index (χ1n) is 14.9. The zero-order chi connectivity index (χ0) is 29.7. The van der Waals surface area contributed by atoms with Crippen molar-refractivity contribution in [1.82, 2.24) is 19.4 Å². The van der Waals surface area contributed by atoms with Crippen molar-refractivity contribution < 1.29 is 18.7 Å². The summed E-state index contributed by atoms with van der Waals surface area (Å²) < 4.78 is 21.0. The third-order valence-electron chi connectivity index (χ3n) is 7.84. The molecule has 2 fully saturated rings. The van der Waals surface area contributed by atoms with Crippen LogP contribution in [0, 0.1) is 11.3 Å². The average molecular weight is 581 g/mol. The van der Waals surface area contributed by atoms with E-state index in [-0.39, 0.29) is 35.8 Å². The van der Waals surface area contributed by atoms with Gasteiger partial charge in [0.25, 0.3) is 5.91 Å². The van der Waals surface area contributed by atoms with Crippen LogP contribution >= 0.6 is 11.9 Å². The fourth-order valence-corrected chi connectivity index (χ4v) is 6.05. The SMILES string of the molecule is C/C=C\C1C=C(/C=C(\C)F)C(C)(C)CN1CC(C)NC(=O)OCC(=O)N1CCN(SC)CC1.CC1CCCCC1. The predicted octanol–water partition coefficient (Wildman–Crippen LogP) is 6.20. The first-order chi connectivity index (χ1) is 18.9. The molecule has 0 aromatic rings. The Morgan fingerprint density at radius 1 is 1.20 bits per heavy atom. The first kappa shape index (κ1) is 34.4. The minimum Gasteiger partial charge on any atom is -0.439 e. The van der Waals surface area contributed by atoms with Gasteiger partial charge >= 0.3 is 6.09 Å². The Morgan fingerprint density at radius 2 is 1.85 bits per heavy atom. The standard InChI is InChI=1S/C24H39FN4O3S.C7H14/c1-7-8-21-14-20(13-18(2)25)24(4,5)17-28(21)15-19(3)26-23(31)32-16-22(30)27-9-11-29(33-6)12-10-27;1-7-5-3-2-4-6-7/h7-8,13-14,19,21H,9-12,15-17H2,1-6H3,(H,26,31);7H,2-6H2,1H3/b8-7-,18-13+;. The van der Waals surface area contributed by atoms with Crippen LogP contribution in [0.15, 0.2) is 35.7 Å². The average Bonchev–Trinajstić information content (AvgIpc) is 2.90. The number of hydrogen-bond acceptors (Lipinski definition) is 6. The van der Waals surface area contributed by atoms with Crippen molar-refractivity contribution in [2.75, 3.05) is 52.1 Å². The first-order valence-corrected chi connectivity index (χ1v) is 16.1. The fraction of sp³-hybridized carbons (Fsp3) is 0.742. The molecule has 2 aliphatic heterocycles. The molecule has 0 radical (unpaired) electrons. The summed E-state index contributed by atoms with van der Waals surface area (Å²) in [6.45, 7) is 15.8. The van der Waals surface area contributed by atoms with Gasteiger partial charge in [-0.1, -0.05) is 83.1 Å². The van der Waals surface area contributed by atoms with Crippen LogP contribution in [-0.4, -0.2) is 90.3 Å². The van der Waals surface area contributed by atoms with Crippen molar-refractivity contribution in [2.24, 2.45) is 11.3 Å². The van der Waals surface area contributed by atoms with E-state index >= 15 is 0 Å². The smallest absolute Gasteiger partial charge is 0.407 e. The van der Waals surface area contributed by atoms with Crippen LogP contribution in [0.5, 0.6) is 0 Å². The number of allylic oxidation sites excluding steroid dienone is 3. The second-order valence-corrected chi connectivity index (χ2v) is 12.9. The van der Waals surface area contributed by atoms with Crippen molar-refractivity contribution in [3.8, 4) is 0 Å². The van der Waals surface area contributed by atoms with Gasteiger partial charge in [-0.2, -0.15) is 0 Å². The second kappa shape index (κ2) is 17.2. The lowest BCUT2D eigenvalue weighted by Gasteiger charge is -2.42. The summed E-state index contributed by atoms with van der Waals surface area (Å²) in [6.07, 6.45) is 16.6. The summed E-state index contributed by atoms with van der Waals surface area (Å²) in [5.74, 6) is 0.660. The molecule has 2 atom stereocenters. The topological polar surface area (TPSA) is 65.1 Å². The van der Waals surface area contributed by atoms with E-state index < -0.39 is 6.09 Å². The third-order valence-corrected chi connectivity index (χ3v) is 8.72. The molecule has 40 heavy (non-hydrogen) atoms. The van der Waals surface area contributed by atoms with E-state index in [9.17, 15) is 14.0 Å². The van der Waals surface area contributed by atoms with Gasteiger partial charge in [0.05, 0.1) is 5.83 Å². The quantitative estimate of drug-likeness (QED) is 0.273. The molecule has 3 rings (SSSR count). The maximum absolute atomic E-state index is 13.6. The maximum atomic E-state index is 13.6. The van der Waals surface area contributed by atoms with Gasteiger partial charge < -0.3 is 15.0 Å². The predicted molar refractivity (Wildman–Crippen MR) is 165 cm³/mol. The minimum atomic E-state index is -0.593. The molecule has 0 aromatic carbocycles. The highest BCUT2D eigenvalue weighted by atomic mass is 32.2. The molecule has 0 aromatic heterocycles. The van der Waals surface area contributed by atoms with Crippen molar-refractivity contribution >= 4 is 23.9 Å². The zero-order valence-corrected chi connectivity index (χ0v) is 26.7. The maximum Gasteiger partial charge on any atom is 0.407 e. The number of hydrogen-bond donors (Lipinski definition) is 1. The van der Waals surface area contributed by atoms with Crippen LogP contribution in [0.2, 0.25) is 0 Å². The molecular formula is C31H53FN4O3S. The van der Waals surface area contributed by atoms with Crippen LogP contribution in [0.3, 0.4) is 0 Å². The number of piperazine rings is 1.